The van der Waals surface area contributed by atoms with E-state index in [-0.39, 0.29) is 18.2 Å². The molecule has 2 aromatic rings. The van der Waals surface area contributed by atoms with Crippen LogP contribution >= 0.6 is 12.4 Å². The van der Waals surface area contributed by atoms with Crippen molar-refractivity contribution in [2.24, 2.45) is 11.1 Å². The third kappa shape index (κ3) is 5.30. The zero-order chi connectivity index (χ0) is 18.7. The Bertz CT molecular complexity index is 779. The van der Waals surface area contributed by atoms with Crippen molar-refractivity contribution < 1.29 is 9.18 Å². The molecule has 0 heterocycles. The second kappa shape index (κ2) is 8.85. The van der Waals surface area contributed by atoms with E-state index < -0.39 is 5.91 Å². The number of halogens is 2. The lowest BCUT2D eigenvalue weighted by Crippen LogP contribution is -2.35. The Kier molecular flexibility index (Phi) is 7.01. The van der Waals surface area contributed by atoms with Crippen molar-refractivity contribution in [2.45, 2.75) is 52.1 Å². The Labute approximate surface area is 167 Å². The van der Waals surface area contributed by atoms with E-state index in [1.807, 2.05) is 12.1 Å². The van der Waals surface area contributed by atoms with E-state index in [0.717, 1.165) is 18.4 Å². The Morgan fingerprint density at radius 2 is 1.78 bits per heavy atom. The molecule has 3 N–H and O–H groups in total. The maximum Gasteiger partial charge on any atom is 0.248 e. The Morgan fingerprint density at radius 1 is 1.15 bits per heavy atom. The number of rotatable bonds is 5. The fourth-order valence-corrected chi connectivity index (χ4v) is 3.61. The number of amides is 1. The molecule has 3 rings (SSSR count). The van der Waals surface area contributed by atoms with Gasteiger partial charge in [-0.2, -0.15) is 0 Å². The summed E-state index contributed by atoms with van der Waals surface area (Å²) in [5, 5.41) is 3.52. The molecule has 146 valence electrons. The van der Waals surface area contributed by atoms with Gasteiger partial charge in [0.1, 0.15) is 5.82 Å². The van der Waals surface area contributed by atoms with E-state index >= 15 is 0 Å². The molecule has 0 bridgehead atoms. The van der Waals surface area contributed by atoms with Crippen LogP contribution < -0.4 is 11.1 Å². The first-order chi connectivity index (χ1) is 12.4. The summed E-state index contributed by atoms with van der Waals surface area (Å²) in [5.41, 5.74) is 8.08. The van der Waals surface area contributed by atoms with Crippen molar-refractivity contribution >= 4 is 18.3 Å². The van der Waals surface area contributed by atoms with Gasteiger partial charge in [-0.3, -0.25) is 4.79 Å². The monoisotopic (exact) mass is 390 g/mol. The zero-order valence-corrected chi connectivity index (χ0v) is 16.7. The van der Waals surface area contributed by atoms with Crippen molar-refractivity contribution in [1.29, 1.82) is 0 Å². The first kappa shape index (κ1) is 21.4. The molecule has 1 fully saturated rings. The summed E-state index contributed by atoms with van der Waals surface area (Å²) >= 11 is 0. The molecule has 1 aliphatic carbocycles. The molecule has 0 spiro atoms. The minimum absolute atomic E-state index is 0. The van der Waals surface area contributed by atoms with Crippen LogP contribution in [0, 0.1) is 11.2 Å². The molecule has 1 amide bonds. The fourth-order valence-electron chi connectivity index (χ4n) is 3.61. The van der Waals surface area contributed by atoms with E-state index in [4.69, 9.17) is 5.73 Å². The van der Waals surface area contributed by atoms with Gasteiger partial charge in [-0.1, -0.05) is 44.2 Å². The van der Waals surface area contributed by atoms with E-state index in [2.05, 4.69) is 19.2 Å². The number of hydrogen-bond donors (Lipinski definition) is 2. The summed E-state index contributed by atoms with van der Waals surface area (Å²) in [6.07, 6.45) is 4.70. The van der Waals surface area contributed by atoms with Crippen molar-refractivity contribution in [1.82, 2.24) is 5.32 Å². The van der Waals surface area contributed by atoms with Crippen LogP contribution in [-0.4, -0.2) is 11.9 Å². The molecule has 5 heteroatoms. The summed E-state index contributed by atoms with van der Waals surface area (Å²) in [6.45, 7) is 5.16. The summed E-state index contributed by atoms with van der Waals surface area (Å²) in [5.74, 6) is -0.686. The Balaban J connectivity index is 0.00000261. The minimum atomic E-state index is -0.481. The SMILES string of the molecule is CC1(C)CCC(NCc2cccc(-c3ccc(C(N)=O)cc3)c2F)CC1.Cl. The number of hydrogen-bond acceptors (Lipinski definition) is 2. The van der Waals surface area contributed by atoms with Crippen LogP contribution in [0.15, 0.2) is 42.5 Å². The van der Waals surface area contributed by atoms with E-state index in [0.29, 0.717) is 34.7 Å². The van der Waals surface area contributed by atoms with Gasteiger partial charge in [0.2, 0.25) is 5.91 Å². The highest BCUT2D eigenvalue weighted by Crippen LogP contribution is 2.35. The summed E-state index contributed by atoms with van der Waals surface area (Å²) in [7, 11) is 0. The highest BCUT2D eigenvalue weighted by molar-refractivity contribution is 5.93. The average Bonchev–Trinajstić information content (AvgIpc) is 2.62. The zero-order valence-electron chi connectivity index (χ0n) is 15.9. The molecule has 3 nitrogen and oxygen atoms in total. The molecule has 0 unspecified atom stereocenters. The van der Waals surface area contributed by atoms with Crippen LogP contribution in [-0.2, 0) is 6.54 Å². The lowest BCUT2D eigenvalue weighted by atomic mass is 9.75. The highest BCUT2D eigenvalue weighted by Gasteiger charge is 2.26. The number of carbonyl (C=O) groups excluding carboxylic acids is 1. The molecule has 0 aromatic heterocycles. The van der Waals surface area contributed by atoms with Crippen molar-refractivity contribution in [3.63, 3.8) is 0 Å². The smallest absolute Gasteiger partial charge is 0.248 e. The van der Waals surface area contributed by atoms with E-state index in [1.54, 1.807) is 30.3 Å². The van der Waals surface area contributed by atoms with Crippen molar-refractivity contribution in [2.75, 3.05) is 0 Å². The summed E-state index contributed by atoms with van der Waals surface area (Å²) in [6, 6.07) is 12.7. The fraction of sp³-hybridized carbons (Fsp3) is 0.409. The Morgan fingerprint density at radius 3 is 2.37 bits per heavy atom. The van der Waals surface area contributed by atoms with Gasteiger partial charge in [0.15, 0.2) is 0 Å². The molecular formula is C22H28ClFN2O. The first-order valence-electron chi connectivity index (χ1n) is 9.27. The number of primary amides is 1. The quantitative estimate of drug-likeness (QED) is 0.748. The van der Waals surface area contributed by atoms with Gasteiger partial charge in [-0.05, 0) is 48.8 Å². The van der Waals surface area contributed by atoms with Gasteiger partial charge in [0, 0.05) is 29.3 Å². The van der Waals surface area contributed by atoms with Gasteiger partial charge in [-0.25, -0.2) is 4.39 Å². The average molecular weight is 391 g/mol. The second-order valence-electron chi connectivity index (χ2n) is 8.04. The highest BCUT2D eigenvalue weighted by atomic mass is 35.5. The normalized spacial score (nSPS) is 16.6. The van der Waals surface area contributed by atoms with Crippen LogP contribution in [0.1, 0.15) is 55.5 Å². The maximum atomic E-state index is 15.0. The molecule has 1 aliphatic rings. The summed E-state index contributed by atoms with van der Waals surface area (Å²) < 4.78 is 15.0. The van der Waals surface area contributed by atoms with E-state index in [1.165, 1.54) is 12.8 Å². The lowest BCUT2D eigenvalue weighted by Gasteiger charge is -2.34. The van der Waals surface area contributed by atoms with Crippen LogP contribution in [0.25, 0.3) is 11.1 Å². The largest absolute Gasteiger partial charge is 0.366 e. The molecule has 2 aromatic carbocycles. The van der Waals surface area contributed by atoms with Crippen LogP contribution in [0.4, 0.5) is 4.39 Å². The van der Waals surface area contributed by atoms with Crippen LogP contribution in [0.3, 0.4) is 0 Å². The van der Waals surface area contributed by atoms with Crippen LogP contribution in [0.2, 0.25) is 0 Å². The predicted molar refractivity (Wildman–Crippen MR) is 110 cm³/mol. The maximum absolute atomic E-state index is 15.0. The molecule has 0 saturated heterocycles. The van der Waals surface area contributed by atoms with Crippen molar-refractivity contribution in [3.8, 4) is 11.1 Å². The number of nitrogens with two attached hydrogens (primary N) is 1. The molecule has 0 aliphatic heterocycles. The predicted octanol–water partition coefficient (Wildman–Crippen LogP) is 5.07. The minimum Gasteiger partial charge on any atom is -0.366 e. The molecule has 27 heavy (non-hydrogen) atoms. The third-order valence-corrected chi connectivity index (χ3v) is 5.48. The third-order valence-electron chi connectivity index (χ3n) is 5.48. The molecule has 0 radical (unpaired) electrons. The van der Waals surface area contributed by atoms with Gasteiger partial charge in [0.25, 0.3) is 0 Å². The lowest BCUT2D eigenvalue weighted by molar-refractivity contribution is 0.100. The summed E-state index contributed by atoms with van der Waals surface area (Å²) in [4.78, 5) is 11.2. The Hall–Kier alpha value is -1.91. The molecular weight excluding hydrogens is 363 g/mol. The van der Waals surface area contributed by atoms with Gasteiger partial charge < -0.3 is 11.1 Å². The van der Waals surface area contributed by atoms with Gasteiger partial charge in [0.05, 0.1) is 0 Å². The van der Waals surface area contributed by atoms with Gasteiger partial charge >= 0.3 is 0 Å². The standard InChI is InChI=1S/C22H27FN2O.ClH/c1-22(2)12-10-18(11-13-22)25-14-17-4-3-5-19(20(17)23)15-6-8-16(9-7-15)21(24)26;/h3-9,18,25H,10-14H2,1-2H3,(H2,24,26);1H. The second-order valence-corrected chi connectivity index (χ2v) is 8.04. The van der Waals surface area contributed by atoms with Crippen LogP contribution in [0.5, 0.6) is 0 Å². The van der Waals surface area contributed by atoms with Gasteiger partial charge in [-0.15, -0.1) is 12.4 Å². The number of nitrogens with one attached hydrogen (secondary N) is 1. The molecule has 1 saturated carbocycles. The number of benzene rings is 2. The first-order valence-corrected chi connectivity index (χ1v) is 9.27. The van der Waals surface area contributed by atoms with E-state index in [9.17, 15) is 9.18 Å². The topological polar surface area (TPSA) is 55.1 Å². The van der Waals surface area contributed by atoms with Crippen molar-refractivity contribution in [3.05, 3.63) is 59.4 Å². The molecule has 0 atom stereocenters. The number of carbonyl (C=O) groups is 1.